The average Bonchev–Trinajstić information content (AvgIpc) is 3.41. The number of hydrogen-bond donors (Lipinski definition) is 1. The van der Waals surface area contributed by atoms with Crippen LogP contribution in [0, 0.1) is 5.41 Å². The van der Waals surface area contributed by atoms with E-state index in [1.165, 1.54) is 0 Å². The zero-order valence-corrected chi connectivity index (χ0v) is 39.0. The first-order valence-electron chi connectivity index (χ1n) is 24.4. The van der Waals surface area contributed by atoms with Gasteiger partial charge in [0, 0.05) is 12.1 Å². The van der Waals surface area contributed by atoms with E-state index in [9.17, 15) is 9.90 Å². The van der Waals surface area contributed by atoms with Crippen LogP contribution in [-0.4, -0.2) is 48.1 Å². The maximum atomic E-state index is 14.5. The Hall–Kier alpha value is -6.23. The lowest BCUT2D eigenvalue weighted by molar-refractivity contribution is -0.272. The van der Waals surface area contributed by atoms with E-state index in [0.717, 1.165) is 44.6 Å². The van der Waals surface area contributed by atoms with Crippen LogP contribution in [0.1, 0.15) is 70.7 Å². The number of carbonyl (C=O) groups excluding carboxylic acids is 1. The van der Waals surface area contributed by atoms with Crippen LogP contribution in [-0.2, 0) is 66.9 Å². The number of amides is 1. The third-order valence-electron chi connectivity index (χ3n) is 14.5. The van der Waals surface area contributed by atoms with Gasteiger partial charge in [-0.2, -0.15) is 0 Å². The molecule has 0 bridgehead atoms. The van der Waals surface area contributed by atoms with Crippen LogP contribution in [0.5, 0.6) is 0 Å². The summed E-state index contributed by atoms with van der Waals surface area (Å²) in [4.78, 5) is 16.5. The van der Waals surface area contributed by atoms with E-state index < -0.39 is 41.5 Å². The van der Waals surface area contributed by atoms with E-state index in [2.05, 4.69) is 72.8 Å². The summed E-state index contributed by atoms with van der Waals surface area (Å²) < 4.78 is 34.7. The third kappa shape index (κ3) is 10.5. The molecule has 6 atom stereocenters. The molecule has 8 nitrogen and oxygen atoms in total. The molecule has 1 amide bonds. The molecular formula is C61H61NO7. The van der Waals surface area contributed by atoms with E-state index in [1.807, 2.05) is 138 Å². The summed E-state index contributed by atoms with van der Waals surface area (Å²) in [6.07, 6.45) is 0.251. The molecule has 1 N–H and O–H groups in total. The monoisotopic (exact) mass is 919 g/mol. The fourth-order valence-corrected chi connectivity index (χ4v) is 10.7. The number of rotatable bonds is 18. The second-order valence-electron chi connectivity index (χ2n) is 18.9. The van der Waals surface area contributed by atoms with Gasteiger partial charge < -0.3 is 33.7 Å². The highest BCUT2D eigenvalue weighted by atomic mass is 16.6. The number of nitrogens with zero attached hydrogens (tertiary/aromatic N) is 1. The topological polar surface area (TPSA) is 86.7 Å². The van der Waals surface area contributed by atoms with Crippen LogP contribution in [0.3, 0.4) is 0 Å². The molecule has 7 aromatic carbocycles. The summed E-state index contributed by atoms with van der Waals surface area (Å²) >= 11 is 0. The number of para-hydroxylation sites is 1. The Morgan fingerprint density at radius 3 is 1.42 bits per heavy atom. The highest BCUT2D eigenvalue weighted by molar-refractivity contribution is 6.06. The van der Waals surface area contributed by atoms with Crippen molar-refractivity contribution in [3.63, 3.8) is 0 Å². The van der Waals surface area contributed by atoms with Crippen molar-refractivity contribution in [1.82, 2.24) is 0 Å². The molecule has 2 heterocycles. The van der Waals surface area contributed by atoms with Gasteiger partial charge in [0.2, 0.25) is 5.91 Å². The third-order valence-corrected chi connectivity index (χ3v) is 14.5. The van der Waals surface area contributed by atoms with Gasteiger partial charge in [0.15, 0.2) is 0 Å². The molecule has 10 rings (SSSR count). The lowest BCUT2D eigenvalue weighted by Gasteiger charge is -2.59. The van der Waals surface area contributed by atoms with E-state index in [-0.39, 0.29) is 18.6 Å². The average molecular weight is 920 g/mol. The van der Waals surface area contributed by atoms with Gasteiger partial charge in [-0.3, -0.25) is 4.79 Å². The van der Waals surface area contributed by atoms with Crippen molar-refractivity contribution in [2.24, 2.45) is 5.41 Å². The van der Waals surface area contributed by atoms with Gasteiger partial charge in [-0.05, 0) is 76.8 Å². The maximum Gasteiger partial charge on any atom is 0.236 e. The molecule has 1 spiro atoms. The smallest absolute Gasteiger partial charge is 0.236 e. The number of carbonyl (C=O) groups is 1. The summed E-state index contributed by atoms with van der Waals surface area (Å²) in [5, 5.41) is 11.9. The van der Waals surface area contributed by atoms with Crippen molar-refractivity contribution in [3.05, 3.63) is 245 Å². The first-order valence-corrected chi connectivity index (χ1v) is 24.4. The largest absolute Gasteiger partial charge is 0.385 e. The molecule has 69 heavy (non-hydrogen) atoms. The van der Waals surface area contributed by atoms with E-state index in [0.29, 0.717) is 58.5 Å². The zero-order chi connectivity index (χ0) is 46.9. The number of ether oxygens (including phenoxy) is 5. The molecule has 2 aliphatic heterocycles. The zero-order valence-electron chi connectivity index (χ0n) is 39.0. The molecule has 8 heteroatoms. The normalized spacial score (nSPS) is 25.6. The summed E-state index contributed by atoms with van der Waals surface area (Å²) in [5.74, 6) is 0.123. The second-order valence-corrected chi connectivity index (χ2v) is 18.9. The van der Waals surface area contributed by atoms with Crippen molar-refractivity contribution in [2.75, 3.05) is 11.5 Å². The molecule has 1 aliphatic carbocycles. The van der Waals surface area contributed by atoms with Gasteiger partial charge in [0.1, 0.15) is 24.4 Å². The predicted molar refractivity (Wildman–Crippen MR) is 268 cm³/mol. The van der Waals surface area contributed by atoms with Crippen LogP contribution >= 0.6 is 0 Å². The minimum Gasteiger partial charge on any atom is -0.385 e. The Morgan fingerprint density at radius 2 is 0.913 bits per heavy atom. The molecule has 2 unspecified atom stereocenters. The van der Waals surface area contributed by atoms with Crippen LogP contribution in [0.25, 0.3) is 0 Å². The van der Waals surface area contributed by atoms with E-state index in [4.69, 9.17) is 23.7 Å². The van der Waals surface area contributed by atoms with Crippen LogP contribution in [0.2, 0.25) is 0 Å². The Labute approximate surface area is 406 Å². The number of anilines is 1. The summed E-state index contributed by atoms with van der Waals surface area (Å²) in [7, 11) is 0. The van der Waals surface area contributed by atoms with E-state index >= 15 is 0 Å². The number of β-lactam (4-membered cyclic amide) rings is 1. The summed E-state index contributed by atoms with van der Waals surface area (Å²) in [5.41, 5.74) is 6.57. The van der Waals surface area contributed by atoms with Gasteiger partial charge in [-0.15, -0.1) is 0 Å². The minimum absolute atomic E-state index is 0.123. The molecule has 0 radical (unpaired) electrons. The van der Waals surface area contributed by atoms with Gasteiger partial charge in [-0.25, -0.2) is 0 Å². The highest BCUT2D eigenvalue weighted by Gasteiger charge is 2.63. The van der Waals surface area contributed by atoms with E-state index in [1.54, 1.807) is 0 Å². The SMILES string of the molecule is O=C1N(c2ccccc2)[C@H](c2ccc(C[C@@H]3OC(COCc4ccccc4)[C@@H](OCc4ccccc4)[C@@H](OCc4ccccc4)C3OCc3ccccc3)cc2)C12CCC(O)(c1ccccc1)CC2. The number of benzene rings is 7. The van der Waals surface area contributed by atoms with Crippen molar-refractivity contribution in [2.45, 2.75) is 101 Å². The van der Waals surface area contributed by atoms with Gasteiger partial charge in [0.05, 0.1) is 56.2 Å². The Kier molecular flexibility index (Phi) is 14.6. The maximum absolute atomic E-state index is 14.5. The van der Waals surface area contributed by atoms with Gasteiger partial charge in [-0.1, -0.05) is 194 Å². The second kappa shape index (κ2) is 21.6. The van der Waals surface area contributed by atoms with Crippen molar-refractivity contribution in [3.8, 4) is 0 Å². The Balaban J connectivity index is 0.961. The van der Waals surface area contributed by atoms with Crippen LogP contribution in [0.15, 0.2) is 206 Å². The Bertz CT molecular complexity index is 2660. The first kappa shape index (κ1) is 46.5. The fourth-order valence-electron chi connectivity index (χ4n) is 10.7. The highest BCUT2D eigenvalue weighted by Crippen LogP contribution is 2.61. The number of aliphatic hydroxyl groups is 1. The summed E-state index contributed by atoms with van der Waals surface area (Å²) in [6.45, 7) is 1.81. The predicted octanol–water partition coefficient (Wildman–Crippen LogP) is 11.5. The van der Waals surface area contributed by atoms with Crippen molar-refractivity contribution in [1.29, 1.82) is 0 Å². The van der Waals surface area contributed by atoms with Crippen LogP contribution in [0.4, 0.5) is 5.69 Å². The molecule has 1 saturated carbocycles. The fraction of sp³-hybridized carbons (Fsp3) is 0.295. The lowest BCUT2D eigenvalue weighted by atomic mass is 9.56. The molecule has 3 fully saturated rings. The Morgan fingerprint density at radius 1 is 0.478 bits per heavy atom. The lowest BCUT2D eigenvalue weighted by Crippen LogP contribution is -2.65. The minimum atomic E-state index is -0.966. The van der Waals surface area contributed by atoms with Crippen LogP contribution < -0.4 is 4.90 Å². The summed E-state index contributed by atoms with van der Waals surface area (Å²) in [6, 6.07) is 69.2. The molecular weight excluding hydrogens is 859 g/mol. The molecule has 7 aromatic rings. The van der Waals surface area contributed by atoms with Gasteiger partial charge >= 0.3 is 0 Å². The van der Waals surface area contributed by atoms with Crippen molar-refractivity contribution >= 4 is 11.6 Å². The molecule has 3 aliphatic rings. The standard InChI is InChI=1S/C61H61NO7/c63-59-60(35-37-61(64,38-36-60)51-27-15-5-16-28-51)58(62(59)52-29-17-6-18-30-52)50-33-31-45(32-34-50)39-53-55(66-41-47-21-9-2-10-22-47)57(68-43-49-25-13-4-14-26-49)56(67-42-48-23-11-3-12-24-48)54(69-53)44-65-40-46-19-7-1-8-20-46/h1-34,53-58,64H,35-44H2/t53-,54?,55?,56+,57-,58+,60?,61?/m0/s1. The quantitative estimate of drug-likeness (QED) is 0.0858. The first-order chi connectivity index (χ1) is 34.0. The molecule has 352 valence electrons. The molecule has 0 aromatic heterocycles. The van der Waals surface area contributed by atoms with Crippen molar-refractivity contribution < 1.29 is 33.6 Å². The van der Waals surface area contributed by atoms with Gasteiger partial charge in [0.25, 0.3) is 0 Å². The molecule has 2 saturated heterocycles. The number of hydrogen-bond acceptors (Lipinski definition) is 7.